The van der Waals surface area contributed by atoms with Gasteiger partial charge in [0.2, 0.25) is 0 Å². The SMILES string of the molecule is CCOC(=O)c1cnc(SC)nc1Nc1n[nH]c2ccc(OCc3ccc(OC)cc3)cc12. The van der Waals surface area contributed by atoms with E-state index < -0.39 is 5.97 Å². The van der Waals surface area contributed by atoms with Gasteiger partial charge in [-0.3, -0.25) is 5.10 Å². The van der Waals surface area contributed by atoms with Crippen LogP contribution in [-0.2, 0) is 11.3 Å². The maximum absolute atomic E-state index is 12.4. The first kappa shape index (κ1) is 22.4. The molecular formula is C23H23N5O4S. The van der Waals surface area contributed by atoms with Gasteiger partial charge >= 0.3 is 5.97 Å². The molecule has 4 rings (SSSR count). The van der Waals surface area contributed by atoms with Crippen molar-refractivity contribution >= 4 is 40.3 Å². The van der Waals surface area contributed by atoms with Crippen LogP contribution in [0.15, 0.2) is 53.8 Å². The molecule has 9 nitrogen and oxygen atoms in total. The zero-order chi connectivity index (χ0) is 23.2. The van der Waals surface area contributed by atoms with Gasteiger partial charge in [-0.1, -0.05) is 23.9 Å². The molecule has 0 amide bonds. The number of benzene rings is 2. The molecule has 2 aromatic carbocycles. The normalized spacial score (nSPS) is 10.8. The number of aromatic nitrogens is 4. The number of thioether (sulfide) groups is 1. The predicted octanol–water partition coefficient (Wildman–Crippen LogP) is 4.58. The molecule has 0 radical (unpaired) electrons. The third-order valence-corrected chi connectivity index (χ3v) is 5.34. The molecule has 2 N–H and O–H groups in total. The Hall–Kier alpha value is -3.79. The van der Waals surface area contributed by atoms with E-state index >= 15 is 0 Å². The summed E-state index contributed by atoms with van der Waals surface area (Å²) in [6.45, 7) is 2.41. The minimum atomic E-state index is -0.504. The van der Waals surface area contributed by atoms with E-state index in [1.54, 1.807) is 14.0 Å². The number of carbonyl (C=O) groups excluding carboxylic acids is 1. The average molecular weight is 466 g/mol. The first-order valence-corrected chi connectivity index (χ1v) is 11.4. The number of rotatable bonds is 9. The van der Waals surface area contributed by atoms with Crippen LogP contribution < -0.4 is 14.8 Å². The Bertz CT molecular complexity index is 1260. The third-order valence-electron chi connectivity index (χ3n) is 4.78. The number of H-pyrrole nitrogens is 1. The van der Waals surface area contributed by atoms with Crippen molar-refractivity contribution in [3.63, 3.8) is 0 Å². The number of hydrogen-bond acceptors (Lipinski definition) is 9. The lowest BCUT2D eigenvalue weighted by Crippen LogP contribution is -2.11. The van der Waals surface area contributed by atoms with Gasteiger partial charge in [-0.2, -0.15) is 5.10 Å². The van der Waals surface area contributed by atoms with Crippen LogP contribution in [-0.4, -0.2) is 46.1 Å². The van der Waals surface area contributed by atoms with Crippen molar-refractivity contribution in [2.75, 3.05) is 25.3 Å². The molecule has 0 saturated heterocycles. The Balaban J connectivity index is 1.58. The molecule has 2 aromatic heterocycles. The van der Waals surface area contributed by atoms with Gasteiger partial charge < -0.3 is 19.5 Å². The molecule has 0 aliphatic heterocycles. The highest BCUT2D eigenvalue weighted by Gasteiger charge is 2.18. The molecule has 0 bridgehead atoms. The lowest BCUT2D eigenvalue weighted by Gasteiger charge is -2.10. The van der Waals surface area contributed by atoms with Crippen LogP contribution >= 0.6 is 11.8 Å². The summed E-state index contributed by atoms with van der Waals surface area (Å²) in [6.07, 6.45) is 3.32. The largest absolute Gasteiger partial charge is 0.497 e. The molecule has 0 spiro atoms. The zero-order valence-corrected chi connectivity index (χ0v) is 19.2. The van der Waals surface area contributed by atoms with Crippen LogP contribution in [0.3, 0.4) is 0 Å². The fourth-order valence-corrected chi connectivity index (χ4v) is 3.44. The Kier molecular flexibility index (Phi) is 6.94. The summed E-state index contributed by atoms with van der Waals surface area (Å²) < 4.78 is 16.3. The van der Waals surface area contributed by atoms with Gasteiger partial charge in [-0.05, 0) is 49.1 Å². The average Bonchev–Trinajstić information content (AvgIpc) is 3.25. The minimum absolute atomic E-state index is 0.234. The first-order valence-electron chi connectivity index (χ1n) is 10.2. The van der Waals surface area contributed by atoms with E-state index in [9.17, 15) is 4.79 Å². The summed E-state index contributed by atoms with van der Waals surface area (Å²) >= 11 is 1.37. The lowest BCUT2D eigenvalue weighted by atomic mass is 10.2. The molecule has 0 aliphatic carbocycles. The van der Waals surface area contributed by atoms with Gasteiger partial charge in [0.15, 0.2) is 16.8 Å². The molecule has 4 aromatic rings. The molecule has 0 unspecified atom stereocenters. The van der Waals surface area contributed by atoms with Gasteiger partial charge in [-0.25, -0.2) is 14.8 Å². The molecule has 33 heavy (non-hydrogen) atoms. The van der Waals surface area contributed by atoms with Crippen LogP contribution in [0.5, 0.6) is 11.5 Å². The van der Waals surface area contributed by atoms with Crippen molar-refractivity contribution in [3.05, 3.63) is 59.8 Å². The summed E-state index contributed by atoms with van der Waals surface area (Å²) in [6, 6.07) is 13.3. The summed E-state index contributed by atoms with van der Waals surface area (Å²) in [5.41, 5.74) is 2.06. The van der Waals surface area contributed by atoms with Crippen LogP contribution in [0, 0.1) is 0 Å². The second-order valence-electron chi connectivity index (χ2n) is 6.88. The molecule has 0 fully saturated rings. The number of fused-ring (bicyclic) bond motifs is 1. The number of hydrogen-bond donors (Lipinski definition) is 2. The number of nitrogens with one attached hydrogen (secondary N) is 2. The van der Waals surface area contributed by atoms with Crippen LogP contribution in [0.1, 0.15) is 22.8 Å². The predicted molar refractivity (Wildman–Crippen MR) is 126 cm³/mol. The Morgan fingerprint density at radius 2 is 1.91 bits per heavy atom. The Morgan fingerprint density at radius 1 is 1.12 bits per heavy atom. The summed E-state index contributed by atoms with van der Waals surface area (Å²) in [4.78, 5) is 21.0. The topological polar surface area (TPSA) is 111 Å². The van der Waals surface area contributed by atoms with Crippen molar-refractivity contribution in [2.24, 2.45) is 0 Å². The first-order chi connectivity index (χ1) is 16.1. The van der Waals surface area contributed by atoms with Crippen LogP contribution in [0.2, 0.25) is 0 Å². The molecule has 0 saturated carbocycles. The number of nitrogens with zero attached hydrogens (tertiary/aromatic N) is 3. The zero-order valence-electron chi connectivity index (χ0n) is 18.4. The van der Waals surface area contributed by atoms with Crippen LogP contribution in [0.25, 0.3) is 10.9 Å². The van der Waals surface area contributed by atoms with E-state index in [0.717, 1.165) is 22.2 Å². The number of methoxy groups -OCH3 is 1. The fraction of sp³-hybridized carbons (Fsp3) is 0.217. The van der Waals surface area contributed by atoms with Crippen LogP contribution in [0.4, 0.5) is 11.6 Å². The van der Waals surface area contributed by atoms with E-state index in [0.29, 0.717) is 29.1 Å². The fourth-order valence-electron chi connectivity index (χ4n) is 3.10. The lowest BCUT2D eigenvalue weighted by molar-refractivity contribution is 0.0526. The molecule has 10 heteroatoms. The standard InChI is InChI=1S/C23H23N5O4S/c1-4-31-22(29)18-12-24-23(33-3)26-20(18)25-21-17-11-16(9-10-19(17)27-28-21)32-13-14-5-7-15(30-2)8-6-14/h5-12H,4,13H2,1-3H3,(H2,24,25,26,27,28). The van der Waals surface area contributed by atoms with E-state index in [1.807, 2.05) is 48.7 Å². The smallest absolute Gasteiger partial charge is 0.343 e. The van der Waals surface area contributed by atoms with Gasteiger partial charge in [0, 0.05) is 11.6 Å². The van der Waals surface area contributed by atoms with E-state index in [-0.39, 0.29) is 12.2 Å². The quantitative estimate of drug-likeness (QED) is 0.208. The molecule has 170 valence electrons. The number of ether oxygens (including phenoxy) is 3. The van der Waals surface area contributed by atoms with Gasteiger partial charge in [0.25, 0.3) is 0 Å². The van der Waals surface area contributed by atoms with Crippen molar-refractivity contribution in [2.45, 2.75) is 18.7 Å². The molecule has 0 aliphatic rings. The highest BCUT2D eigenvalue weighted by molar-refractivity contribution is 7.98. The monoisotopic (exact) mass is 465 g/mol. The van der Waals surface area contributed by atoms with Gasteiger partial charge in [0.1, 0.15) is 23.7 Å². The number of anilines is 2. The van der Waals surface area contributed by atoms with Gasteiger partial charge in [-0.15, -0.1) is 0 Å². The summed E-state index contributed by atoms with van der Waals surface area (Å²) in [7, 11) is 1.64. The van der Waals surface area contributed by atoms with E-state index in [4.69, 9.17) is 14.2 Å². The molecule has 2 heterocycles. The number of esters is 1. The number of carbonyl (C=O) groups is 1. The summed E-state index contributed by atoms with van der Waals surface area (Å²) in [5.74, 6) is 1.81. The van der Waals surface area contributed by atoms with Crippen molar-refractivity contribution in [3.8, 4) is 11.5 Å². The third kappa shape index (κ3) is 5.17. The van der Waals surface area contributed by atoms with Crippen molar-refractivity contribution in [1.29, 1.82) is 0 Å². The van der Waals surface area contributed by atoms with Gasteiger partial charge in [0.05, 0.1) is 19.2 Å². The molecule has 0 atom stereocenters. The molecular weight excluding hydrogens is 442 g/mol. The minimum Gasteiger partial charge on any atom is -0.497 e. The maximum Gasteiger partial charge on any atom is 0.343 e. The second kappa shape index (κ2) is 10.2. The Labute approximate surface area is 194 Å². The summed E-state index contributed by atoms with van der Waals surface area (Å²) in [5, 5.41) is 11.8. The van der Waals surface area contributed by atoms with E-state index in [2.05, 4.69) is 25.5 Å². The second-order valence-corrected chi connectivity index (χ2v) is 7.65. The highest BCUT2D eigenvalue weighted by Crippen LogP contribution is 2.29. The van der Waals surface area contributed by atoms with Crippen molar-refractivity contribution in [1.82, 2.24) is 20.2 Å². The van der Waals surface area contributed by atoms with E-state index in [1.165, 1.54) is 18.0 Å². The van der Waals surface area contributed by atoms with Crippen molar-refractivity contribution < 1.29 is 19.0 Å². The maximum atomic E-state index is 12.4. The Morgan fingerprint density at radius 3 is 2.64 bits per heavy atom. The highest BCUT2D eigenvalue weighted by atomic mass is 32.2. The number of aromatic amines is 1.